The molecule has 3 aromatic rings. The van der Waals surface area contributed by atoms with Crippen molar-refractivity contribution in [3.05, 3.63) is 89.5 Å². The van der Waals surface area contributed by atoms with Gasteiger partial charge in [0.15, 0.2) is 0 Å². The zero-order valence-electron chi connectivity index (χ0n) is 18.1. The predicted octanol–water partition coefficient (Wildman–Crippen LogP) is 3.68. The minimum atomic E-state index is -3.67. The summed E-state index contributed by atoms with van der Waals surface area (Å²) in [6, 6.07) is 20.9. The van der Waals surface area contributed by atoms with Crippen molar-refractivity contribution in [1.82, 2.24) is 0 Å². The number of anilines is 2. The molecule has 4 rings (SSSR count). The smallest absolute Gasteiger partial charge is 0.261 e. The van der Waals surface area contributed by atoms with E-state index in [-0.39, 0.29) is 16.6 Å². The van der Waals surface area contributed by atoms with Crippen molar-refractivity contribution in [2.75, 3.05) is 16.2 Å². The highest BCUT2D eigenvalue weighted by molar-refractivity contribution is 7.92. The fourth-order valence-corrected chi connectivity index (χ4v) is 5.04. The standard InChI is InChI=1S/C25H26N4O3S/c26-25(27)19-11-8-18(9-12-19)10-15-24(30)29-16-4-5-20-17-21(13-14-23(20)29)28-33(31,32)22-6-2-1-3-7-22/h1-3,6-9,11-14,17,28H,4-5,10,15-16H2,(H3,26,27). The van der Waals surface area contributed by atoms with E-state index in [9.17, 15) is 13.2 Å². The van der Waals surface area contributed by atoms with Crippen LogP contribution in [-0.4, -0.2) is 26.7 Å². The molecule has 0 radical (unpaired) electrons. The van der Waals surface area contributed by atoms with Crippen LogP contribution in [0, 0.1) is 5.41 Å². The van der Waals surface area contributed by atoms with Gasteiger partial charge in [0.25, 0.3) is 10.0 Å². The van der Waals surface area contributed by atoms with Crippen LogP contribution in [0.25, 0.3) is 0 Å². The molecule has 1 aliphatic heterocycles. The number of benzene rings is 3. The van der Waals surface area contributed by atoms with Gasteiger partial charge in [0, 0.05) is 29.9 Å². The molecule has 0 bridgehead atoms. The summed E-state index contributed by atoms with van der Waals surface area (Å²) in [6.45, 7) is 0.643. The lowest BCUT2D eigenvalue weighted by atomic mass is 10.00. The van der Waals surface area contributed by atoms with E-state index in [1.54, 1.807) is 53.4 Å². The van der Waals surface area contributed by atoms with Gasteiger partial charge < -0.3 is 10.6 Å². The van der Waals surface area contributed by atoms with E-state index in [1.165, 1.54) is 0 Å². The number of carbonyl (C=O) groups is 1. The average molecular weight is 463 g/mol. The molecular formula is C25H26N4O3S. The first kappa shape index (κ1) is 22.5. The van der Waals surface area contributed by atoms with Crippen LogP contribution >= 0.6 is 0 Å². The van der Waals surface area contributed by atoms with Crippen LogP contribution in [0.1, 0.15) is 29.5 Å². The summed E-state index contributed by atoms with van der Waals surface area (Å²) in [5, 5.41) is 7.47. The van der Waals surface area contributed by atoms with Crippen LogP contribution in [0.15, 0.2) is 77.7 Å². The topological polar surface area (TPSA) is 116 Å². The molecule has 0 unspecified atom stereocenters. The Balaban J connectivity index is 1.45. The fraction of sp³-hybridized carbons (Fsp3) is 0.200. The summed E-state index contributed by atoms with van der Waals surface area (Å²) in [5.41, 5.74) is 9.43. The van der Waals surface area contributed by atoms with Crippen molar-refractivity contribution in [2.24, 2.45) is 5.73 Å². The number of hydrogen-bond acceptors (Lipinski definition) is 4. The normalized spacial score (nSPS) is 13.3. The van der Waals surface area contributed by atoms with Crippen molar-refractivity contribution in [3.8, 4) is 0 Å². The van der Waals surface area contributed by atoms with Gasteiger partial charge in [-0.3, -0.25) is 14.9 Å². The molecule has 4 N–H and O–H groups in total. The third kappa shape index (κ3) is 5.23. The molecule has 8 heteroatoms. The van der Waals surface area contributed by atoms with E-state index in [1.807, 2.05) is 24.3 Å². The number of rotatable bonds is 7. The molecule has 0 aromatic heterocycles. The number of carbonyl (C=O) groups excluding carboxylic acids is 1. The number of amides is 1. The fourth-order valence-electron chi connectivity index (χ4n) is 3.97. The second kappa shape index (κ2) is 9.46. The maximum absolute atomic E-state index is 13.0. The number of sulfonamides is 1. The van der Waals surface area contributed by atoms with E-state index < -0.39 is 10.0 Å². The van der Waals surface area contributed by atoms with Gasteiger partial charge in [0.2, 0.25) is 5.91 Å². The Morgan fingerprint density at radius 3 is 2.45 bits per heavy atom. The molecule has 0 aliphatic carbocycles. The van der Waals surface area contributed by atoms with Crippen molar-refractivity contribution in [1.29, 1.82) is 5.41 Å². The van der Waals surface area contributed by atoms with Crippen molar-refractivity contribution in [2.45, 2.75) is 30.6 Å². The van der Waals surface area contributed by atoms with Crippen molar-refractivity contribution >= 4 is 33.1 Å². The minimum absolute atomic E-state index is 0.0213. The maximum atomic E-state index is 13.0. The number of fused-ring (bicyclic) bond motifs is 1. The van der Waals surface area contributed by atoms with E-state index in [0.29, 0.717) is 30.6 Å². The Morgan fingerprint density at radius 2 is 1.76 bits per heavy atom. The Morgan fingerprint density at radius 1 is 1.03 bits per heavy atom. The summed E-state index contributed by atoms with van der Waals surface area (Å²) in [4.78, 5) is 15.0. The number of aryl methyl sites for hydroxylation is 2. The molecule has 33 heavy (non-hydrogen) atoms. The first-order valence-corrected chi connectivity index (χ1v) is 12.3. The Kier molecular flexibility index (Phi) is 6.46. The van der Waals surface area contributed by atoms with Gasteiger partial charge in [-0.15, -0.1) is 0 Å². The first-order chi connectivity index (χ1) is 15.8. The summed E-state index contributed by atoms with van der Waals surface area (Å²) in [6.07, 6.45) is 2.56. The summed E-state index contributed by atoms with van der Waals surface area (Å²) >= 11 is 0. The SMILES string of the molecule is N=C(N)c1ccc(CCC(=O)N2CCCc3cc(NS(=O)(=O)c4ccccc4)ccc32)cc1. The van der Waals surface area contributed by atoms with Gasteiger partial charge in [-0.2, -0.15) is 0 Å². The summed E-state index contributed by atoms with van der Waals surface area (Å²) < 4.78 is 27.9. The molecule has 3 aromatic carbocycles. The molecule has 1 amide bonds. The third-order valence-electron chi connectivity index (χ3n) is 5.70. The highest BCUT2D eigenvalue weighted by Crippen LogP contribution is 2.31. The van der Waals surface area contributed by atoms with Crippen LogP contribution in [-0.2, 0) is 27.7 Å². The van der Waals surface area contributed by atoms with Crippen LogP contribution in [0.5, 0.6) is 0 Å². The van der Waals surface area contributed by atoms with Gasteiger partial charge in [-0.25, -0.2) is 8.42 Å². The van der Waals surface area contributed by atoms with Crippen molar-refractivity contribution in [3.63, 3.8) is 0 Å². The van der Waals surface area contributed by atoms with Gasteiger partial charge in [0.1, 0.15) is 5.84 Å². The lowest BCUT2D eigenvalue weighted by Gasteiger charge is -2.30. The van der Waals surface area contributed by atoms with Crippen LogP contribution in [0.4, 0.5) is 11.4 Å². The molecule has 1 aliphatic rings. The minimum Gasteiger partial charge on any atom is -0.384 e. The first-order valence-electron chi connectivity index (χ1n) is 10.8. The van der Waals surface area contributed by atoms with E-state index in [2.05, 4.69) is 4.72 Å². The molecule has 1 heterocycles. The number of amidine groups is 1. The number of nitrogen functional groups attached to an aromatic ring is 1. The maximum Gasteiger partial charge on any atom is 0.261 e. The van der Waals surface area contributed by atoms with Gasteiger partial charge in [-0.05, 0) is 60.7 Å². The number of nitrogens with two attached hydrogens (primary N) is 1. The van der Waals surface area contributed by atoms with Gasteiger partial charge in [0.05, 0.1) is 4.90 Å². The van der Waals surface area contributed by atoms with Crippen LogP contribution in [0.2, 0.25) is 0 Å². The predicted molar refractivity (Wildman–Crippen MR) is 130 cm³/mol. The summed E-state index contributed by atoms with van der Waals surface area (Å²) in [7, 11) is -3.67. The zero-order chi connectivity index (χ0) is 23.4. The molecule has 0 fully saturated rings. The van der Waals surface area contributed by atoms with Gasteiger partial charge >= 0.3 is 0 Å². The molecule has 7 nitrogen and oxygen atoms in total. The van der Waals surface area contributed by atoms with E-state index in [4.69, 9.17) is 11.1 Å². The zero-order valence-corrected chi connectivity index (χ0v) is 18.9. The summed E-state index contributed by atoms with van der Waals surface area (Å²) in [5.74, 6) is 0.0530. The monoisotopic (exact) mass is 462 g/mol. The van der Waals surface area contributed by atoms with Gasteiger partial charge in [-0.1, -0.05) is 42.5 Å². The lowest BCUT2D eigenvalue weighted by molar-refractivity contribution is -0.118. The van der Waals surface area contributed by atoms with Crippen molar-refractivity contribution < 1.29 is 13.2 Å². The second-order valence-corrected chi connectivity index (χ2v) is 9.70. The Hall–Kier alpha value is -3.65. The number of nitrogens with zero attached hydrogens (tertiary/aromatic N) is 1. The van der Waals surface area contributed by atoms with E-state index in [0.717, 1.165) is 29.7 Å². The third-order valence-corrected chi connectivity index (χ3v) is 7.09. The largest absolute Gasteiger partial charge is 0.384 e. The molecule has 0 spiro atoms. The lowest BCUT2D eigenvalue weighted by Crippen LogP contribution is -2.35. The Labute approximate surface area is 193 Å². The highest BCUT2D eigenvalue weighted by Gasteiger charge is 2.23. The molecular weight excluding hydrogens is 436 g/mol. The highest BCUT2D eigenvalue weighted by atomic mass is 32.2. The quantitative estimate of drug-likeness (QED) is 0.367. The number of nitrogens with one attached hydrogen (secondary N) is 2. The Bertz CT molecular complexity index is 1270. The van der Waals surface area contributed by atoms with Crippen LogP contribution in [0.3, 0.4) is 0 Å². The molecule has 0 atom stereocenters. The molecule has 0 saturated heterocycles. The van der Waals surface area contributed by atoms with Crippen LogP contribution < -0.4 is 15.4 Å². The second-order valence-electron chi connectivity index (χ2n) is 8.02. The van der Waals surface area contributed by atoms with E-state index >= 15 is 0 Å². The number of hydrogen-bond donors (Lipinski definition) is 3. The molecule has 170 valence electrons. The average Bonchev–Trinajstić information content (AvgIpc) is 2.82. The molecule has 0 saturated carbocycles.